The molecule has 0 bridgehead atoms. The van der Waals surface area contributed by atoms with E-state index in [1.807, 2.05) is 17.7 Å². The van der Waals surface area contributed by atoms with Gasteiger partial charge in [-0.15, -0.1) is 0 Å². The van der Waals surface area contributed by atoms with Gasteiger partial charge in [-0.2, -0.15) is 0 Å². The Balaban J connectivity index is 2.16. The first-order valence-electron chi connectivity index (χ1n) is 6.79. The number of benzene rings is 1. The molecule has 2 nitrogen and oxygen atoms in total. The highest BCUT2D eigenvalue weighted by atomic mass is 16.1. The first-order chi connectivity index (χ1) is 8.76. The van der Waals surface area contributed by atoms with E-state index in [9.17, 15) is 4.79 Å². The van der Waals surface area contributed by atoms with Crippen LogP contribution in [-0.4, -0.2) is 10.9 Å². The van der Waals surface area contributed by atoms with Gasteiger partial charge < -0.3 is 4.57 Å². The zero-order valence-corrected chi connectivity index (χ0v) is 11.3. The van der Waals surface area contributed by atoms with Gasteiger partial charge >= 0.3 is 0 Å². The predicted octanol–water partition coefficient (Wildman–Crippen LogP) is 4.11. The quantitative estimate of drug-likeness (QED) is 0.552. The van der Waals surface area contributed by atoms with E-state index in [1.54, 1.807) is 0 Å². The van der Waals surface area contributed by atoms with Crippen LogP contribution in [0.2, 0.25) is 0 Å². The Labute approximate surface area is 109 Å². The maximum atomic E-state index is 10.9. The van der Waals surface area contributed by atoms with Gasteiger partial charge in [0.25, 0.3) is 0 Å². The van der Waals surface area contributed by atoms with Crippen molar-refractivity contribution in [3.8, 4) is 0 Å². The normalized spacial score (nSPS) is 11.0. The van der Waals surface area contributed by atoms with Crippen LogP contribution in [0.3, 0.4) is 0 Å². The van der Waals surface area contributed by atoms with E-state index in [4.69, 9.17) is 0 Å². The van der Waals surface area contributed by atoms with Gasteiger partial charge in [-0.25, -0.2) is 0 Å². The lowest BCUT2D eigenvalue weighted by Gasteiger charge is -2.03. The van der Waals surface area contributed by atoms with Crippen molar-refractivity contribution in [1.29, 1.82) is 0 Å². The predicted molar refractivity (Wildman–Crippen MR) is 76.2 cm³/mol. The molecule has 1 aromatic carbocycles. The van der Waals surface area contributed by atoms with Crippen LogP contribution in [0, 0.1) is 0 Å². The standard InChI is InChI=1S/C16H21NO/c1-3-4-5-6-7-13-8-9-14-11-15(12-18)17(2)16(14)10-13/h8-12H,3-7H2,1-2H3. The molecule has 96 valence electrons. The van der Waals surface area contributed by atoms with E-state index in [0.717, 1.165) is 29.3 Å². The molecule has 1 heterocycles. The molecule has 0 atom stereocenters. The molecular weight excluding hydrogens is 222 g/mol. The van der Waals surface area contributed by atoms with Gasteiger partial charge in [0.05, 0.1) is 5.69 Å². The fourth-order valence-electron chi connectivity index (χ4n) is 2.42. The molecule has 0 unspecified atom stereocenters. The van der Waals surface area contributed by atoms with Crippen LogP contribution in [0.15, 0.2) is 24.3 Å². The number of carbonyl (C=O) groups excluding carboxylic acids is 1. The van der Waals surface area contributed by atoms with Gasteiger partial charge in [0.1, 0.15) is 0 Å². The number of hydrogen-bond acceptors (Lipinski definition) is 1. The fraction of sp³-hybridized carbons (Fsp3) is 0.438. The number of rotatable bonds is 6. The lowest BCUT2D eigenvalue weighted by atomic mass is 10.1. The summed E-state index contributed by atoms with van der Waals surface area (Å²) in [6.07, 6.45) is 7.21. The van der Waals surface area contributed by atoms with Crippen LogP contribution < -0.4 is 0 Å². The number of aldehydes is 1. The summed E-state index contributed by atoms with van der Waals surface area (Å²) in [6.45, 7) is 2.23. The van der Waals surface area contributed by atoms with Crippen LogP contribution >= 0.6 is 0 Å². The van der Waals surface area contributed by atoms with E-state index < -0.39 is 0 Å². The zero-order valence-electron chi connectivity index (χ0n) is 11.3. The van der Waals surface area contributed by atoms with Crippen molar-refractivity contribution < 1.29 is 4.79 Å². The Hall–Kier alpha value is -1.57. The summed E-state index contributed by atoms with van der Waals surface area (Å²) in [5.41, 5.74) is 3.27. The Bertz CT molecular complexity index is 539. The van der Waals surface area contributed by atoms with E-state index >= 15 is 0 Å². The van der Waals surface area contributed by atoms with Crippen molar-refractivity contribution >= 4 is 17.2 Å². The molecule has 0 fully saturated rings. The van der Waals surface area contributed by atoms with E-state index in [2.05, 4.69) is 25.1 Å². The summed E-state index contributed by atoms with van der Waals surface area (Å²) in [7, 11) is 1.95. The topological polar surface area (TPSA) is 22.0 Å². The number of aryl methyl sites for hydroxylation is 2. The largest absolute Gasteiger partial charge is 0.341 e. The first kappa shape index (κ1) is 12.9. The van der Waals surface area contributed by atoms with E-state index in [-0.39, 0.29) is 0 Å². The molecule has 0 spiro atoms. The molecule has 2 heteroatoms. The SMILES string of the molecule is CCCCCCc1ccc2cc(C=O)n(C)c2c1. The Morgan fingerprint density at radius 2 is 2.00 bits per heavy atom. The summed E-state index contributed by atoms with van der Waals surface area (Å²) in [4.78, 5) is 10.9. The lowest BCUT2D eigenvalue weighted by Crippen LogP contribution is -1.94. The van der Waals surface area contributed by atoms with Crippen molar-refractivity contribution in [3.63, 3.8) is 0 Å². The molecule has 0 aliphatic carbocycles. The molecule has 0 saturated carbocycles. The van der Waals surface area contributed by atoms with Gasteiger partial charge in [0.15, 0.2) is 6.29 Å². The van der Waals surface area contributed by atoms with Crippen LogP contribution in [0.25, 0.3) is 10.9 Å². The van der Waals surface area contributed by atoms with Gasteiger partial charge in [0, 0.05) is 18.0 Å². The van der Waals surface area contributed by atoms with Gasteiger partial charge in [0.2, 0.25) is 0 Å². The van der Waals surface area contributed by atoms with Crippen molar-refractivity contribution in [3.05, 3.63) is 35.5 Å². The minimum absolute atomic E-state index is 0.744. The van der Waals surface area contributed by atoms with Crippen molar-refractivity contribution in [2.45, 2.75) is 39.0 Å². The average Bonchev–Trinajstić information content (AvgIpc) is 2.71. The second kappa shape index (κ2) is 5.85. The van der Waals surface area contributed by atoms with Crippen LogP contribution in [0.4, 0.5) is 0 Å². The highest BCUT2D eigenvalue weighted by Crippen LogP contribution is 2.20. The van der Waals surface area contributed by atoms with Crippen molar-refractivity contribution in [1.82, 2.24) is 4.57 Å². The summed E-state index contributed by atoms with van der Waals surface area (Å²) >= 11 is 0. The molecule has 0 N–H and O–H groups in total. The second-order valence-electron chi connectivity index (χ2n) is 4.95. The van der Waals surface area contributed by atoms with E-state index in [1.165, 1.54) is 31.2 Å². The number of fused-ring (bicyclic) bond motifs is 1. The monoisotopic (exact) mass is 243 g/mol. The highest BCUT2D eigenvalue weighted by Gasteiger charge is 2.05. The Morgan fingerprint density at radius 3 is 2.72 bits per heavy atom. The van der Waals surface area contributed by atoms with E-state index in [0.29, 0.717) is 0 Å². The summed E-state index contributed by atoms with van der Waals surface area (Å²) in [6, 6.07) is 8.47. The molecule has 0 aliphatic rings. The van der Waals surface area contributed by atoms with Gasteiger partial charge in [-0.05, 0) is 30.5 Å². The Morgan fingerprint density at radius 1 is 1.17 bits per heavy atom. The number of unbranched alkanes of at least 4 members (excludes halogenated alkanes) is 3. The maximum Gasteiger partial charge on any atom is 0.166 e. The molecule has 0 radical (unpaired) electrons. The third-order valence-corrected chi connectivity index (χ3v) is 3.59. The minimum Gasteiger partial charge on any atom is -0.341 e. The van der Waals surface area contributed by atoms with Gasteiger partial charge in [-0.3, -0.25) is 4.79 Å². The molecule has 2 aromatic rings. The van der Waals surface area contributed by atoms with Crippen molar-refractivity contribution in [2.75, 3.05) is 0 Å². The van der Waals surface area contributed by atoms with Crippen molar-refractivity contribution in [2.24, 2.45) is 7.05 Å². The molecule has 0 aliphatic heterocycles. The summed E-state index contributed by atoms with van der Waals surface area (Å²) in [5, 5.41) is 1.15. The smallest absolute Gasteiger partial charge is 0.166 e. The van der Waals surface area contributed by atoms with Crippen LogP contribution in [0.1, 0.15) is 48.7 Å². The van der Waals surface area contributed by atoms with Crippen LogP contribution in [-0.2, 0) is 13.5 Å². The number of aromatic nitrogens is 1. The summed E-state index contributed by atoms with van der Waals surface area (Å²) in [5.74, 6) is 0. The number of nitrogens with zero attached hydrogens (tertiary/aromatic N) is 1. The third-order valence-electron chi connectivity index (χ3n) is 3.59. The third kappa shape index (κ3) is 2.63. The Kier molecular flexibility index (Phi) is 4.19. The first-order valence-corrected chi connectivity index (χ1v) is 6.79. The fourth-order valence-corrected chi connectivity index (χ4v) is 2.42. The number of hydrogen-bond donors (Lipinski definition) is 0. The maximum absolute atomic E-state index is 10.9. The average molecular weight is 243 g/mol. The molecule has 18 heavy (non-hydrogen) atoms. The zero-order chi connectivity index (χ0) is 13.0. The molecular formula is C16H21NO. The molecule has 0 saturated heterocycles. The van der Waals surface area contributed by atoms with Gasteiger partial charge in [-0.1, -0.05) is 38.3 Å². The lowest BCUT2D eigenvalue weighted by molar-refractivity contribution is 0.111. The molecule has 0 amide bonds. The second-order valence-corrected chi connectivity index (χ2v) is 4.95. The molecule has 2 rings (SSSR count). The minimum atomic E-state index is 0.744. The van der Waals surface area contributed by atoms with Crippen LogP contribution in [0.5, 0.6) is 0 Å². The molecule has 1 aromatic heterocycles. The summed E-state index contributed by atoms with van der Waals surface area (Å²) < 4.78 is 1.97. The number of carbonyl (C=O) groups is 1. The highest BCUT2D eigenvalue weighted by molar-refractivity contribution is 5.89.